The Bertz CT molecular complexity index is 482. The topological polar surface area (TPSA) is 41.3 Å². The van der Waals surface area contributed by atoms with Crippen LogP contribution in [0.4, 0.5) is 5.69 Å². The van der Waals surface area contributed by atoms with E-state index in [1.54, 1.807) is 12.5 Å². The monoisotopic (exact) mass is 259 g/mol. The molecule has 0 unspecified atom stereocenters. The Hall–Kier alpha value is -1.81. The molecular formula is C15H21N3O. The number of furan rings is 1. The van der Waals surface area contributed by atoms with Crippen molar-refractivity contribution in [3.05, 3.63) is 48.2 Å². The molecule has 0 saturated heterocycles. The molecule has 0 fully saturated rings. The minimum atomic E-state index is 0.826. The average molecular weight is 259 g/mol. The van der Waals surface area contributed by atoms with Crippen LogP contribution in [0.1, 0.15) is 24.6 Å². The molecule has 0 atom stereocenters. The SMILES string of the molecule is CCCNc1ccnc(CN(C)Cc2ccoc2)c1. The number of hydrogen-bond donors (Lipinski definition) is 1. The number of anilines is 1. The Morgan fingerprint density at radius 2 is 2.21 bits per heavy atom. The summed E-state index contributed by atoms with van der Waals surface area (Å²) in [4.78, 5) is 6.63. The molecule has 0 aliphatic carbocycles. The highest BCUT2D eigenvalue weighted by atomic mass is 16.3. The lowest BCUT2D eigenvalue weighted by Gasteiger charge is -2.15. The molecule has 4 nitrogen and oxygen atoms in total. The second kappa shape index (κ2) is 6.95. The molecule has 2 rings (SSSR count). The fourth-order valence-electron chi connectivity index (χ4n) is 1.97. The van der Waals surface area contributed by atoms with E-state index in [1.807, 2.05) is 18.3 Å². The minimum absolute atomic E-state index is 0.826. The van der Waals surface area contributed by atoms with Crippen LogP contribution in [0.2, 0.25) is 0 Å². The molecule has 0 radical (unpaired) electrons. The van der Waals surface area contributed by atoms with Gasteiger partial charge in [0.2, 0.25) is 0 Å². The summed E-state index contributed by atoms with van der Waals surface area (Å²) in [6.07, 6.45) is 6.47. The Morgan fingerprint density at radius 3 is 2.95 bits per heavy atom. The summed E-state index contributed by atoms with van der Waals surface area (Å²) < 4.78 is 5.08. The quantitative estimate of drug-likeness (QED) is 0.829. The standard InChI is InChI=1S/C15H21N3O/c1-3-6-16-14-4-7-17-15(9-14)11-18(2)10-13-5-8-19-12-13/h4-5,7-9,12H,3,6,10-11H2,1-2H3,(H,16,17). The van der Waals surface area contributed by atoms with Gasteiger partial charge in [-0.3, -0.25) is 9.88 Å². The number of nitrogens with one attached hydrogen (secondary N) is 1. The van der Waals surface area contributed by atoms with Gasteiger partial charge in [-0.05, 0) is 31.7 Å². The van der Waals surface area contributed by atoms with Gasteiger partial charge in [0.15, 0.2) is 0 Å². The third-order valence-corrected chi connectivity index (χ3v) is 2.86. The van der Waals surface area contributed by atoms with E-state index in [0.29, 0.717) is 0 Å². The van der Waals surface area contributed by atoms with Crippen molar-refractivity contribution < 1.29 is 4.42 Å². The minimum Gasteiger partial charge on any atom is -0.472 e. The zero-order chi connectivity index (χ0) is 13.5. The summed E-state index contributed by atoms with van der Waals surface area (Å²) in [7, 11) is 2.08. The van der Waals surface area contributed by atoms with E-state index in [0.717, 1.165) is 37.4 Å². The third kappa shape index (κ3) is 4.41. The van der Waals surface area contributed by atoms with Gasteiger partial charge < -0.3 is 9.73 Å². The van der Waals surface area contributed by atoms with Gasteiger partial charge in [-0.2, -0.15) is 0 Å². The first kappa shape index (κ1) is 13.6. The van der Waals surface area contributed by atoms with Crippen molar-refractivity contribution >= 4 is 5.69 Å². The number of hydrogen-bond acceptors (Lipinski definition) is 4. The predicted molar refractivity (Wildman–Crippen MR) is 76.9 cm³/mol. The van der Waals surface area contributed by atoms with Crippen molar-refractivity contribution in [2.75, 3.05) is 18.9 Å². The van der Waals surface area contributed by atoms with Gasteiger partial charge in [-0.15, -0.1) is 0 Å². The molecule has 0 spiro atoms. The van der Waals surface area contributed by atoms with Crippen molar-refractivity contribution in [3.8, 4) is 0 Å². The van der Waals surface area contributed by atoms with Crippen molar-refractivity contribution in [2.24, 2.45) is 0 Å². The van der Waals surface area contributed by atoms with Crippen LogP contribution in [-0.2, 0) is 13.1 Å². The lowest BCUT2D eigenvalue weighted by molar-refractivity contribution is 0.314. The summed E-state index contributed by atoms with van der Waals surface area (Å²) in [5.74, 6) is 0. The summed E-state index contributed by atoms with van der Waals surface area (Å²) in [5.41, 5.74) is 3.40. The first-order chi connectivity index (χ1) is 9.28. The highest BCUT2D eigenvalue weighted by molar-refractivity contribution is 5.43. The molecule has 0 bridgehead atoms. The van der Waals surface area contributed by atoms with Crippen LogP contribution >= 0.6 is 0 Å². The smallest absolute Gasteiger partial charge is 0.0947 e. The Balaban J connectivity index is 1.90. The van der Waals surface area contributed by atoms with Crippen LogP contribution in [0.25, 0.3) is 0 Å². The molecule has 2 aromatic heterocycles. The zero-order valence-electron chi connectivity index (χ0n) is 11.6. The van der Waals surface area contributed by atoms with E-state index in [2.05, 4.69) is 35.2 Å². The van der Waals surface area contributed by atoms with Crippen molar-refractivity contribution in [2.45, 2.75) is 26.4 Å². The van der Waals surface area contributed by atoms with Crippen LogP contribution in [0.5, 0.6) is 0 Å². The van der Waals surface area contributed by atoms with Crippen molar-refractivity contribution in [1.29, 1.82) is 0 Å². The van der Waals surface area contributed by atoms with Gasteiger partial charge in [0, 0.05) is 37.1 Å². The maximum absolute atomic E-state index is 5.08. The molecule has 0 aromatic carbocycles. The van der Waals surface area contributed by atoms with E-state index in [9.17, 15) is 0 Å². The summed E-state index contributed by atoms with van der Waals surface area (Å²) in [5, 5.41) is 3.38. The highest BCUT2D eigenvalue weighted by Crippen LogP contribution is 2.11. The van der Waals surface area contributed by atoms with Crippen LogP contribution in [0.15, 0.2) is 41.3 Å². The molecule has 2 heterocycles. The van der Waals surface area contributed by atoms with Crippen LogP contribution < -0.4 is 5.32 Å². The molecule has 102 valence electrons. The van der Waals surface area contributed by atoms with Gasteiger partial charge in [-0.1, -0.05) is 6.92 Å². The summed E-state index contributed by atoms with van der Waals surface area (Å²) >= 11 is 0. The molecule has 0 amide bonds. The van der Waals surface area contributed by atoms with Gasteiger partial charge in [-0.25, -0.2) is 0 Å². The Kier molecular flexibility index (Phi) is 4.98. The molecule has 0 aliphatic heterocycles. The van der Waals surface area contributed by atoms with E-state index in [-0.39, 0.29) is 0 Å². The van der Waals surface area contributed by atoms with Gasteiger partial charge in [0.25, 0.3) is 0 Å². The van der Waals surface area contributed by atoms with E-state index < -0.39 is 0 Å². The lowest BCUT2D eigenvalue weighted by atomic mass is 10.2. The number of aromatic nitrogens is 1. The number of rotatable bonds is 7. The maximum atomic E-state index is 5.08. The Morgan fingerprint density at radius 1 is 1.32 bits per heavy atom. The fourth-order valence-corrected chi connectivity index (χ4v) is 1.97. The molecule has 0 aliphatic rings. The normalized spacial score (nSPS) is 10.9. The molecule has 19 heavy (non-hydrogen) atoms. The van der Waals surface area contributed by atoms with Crippen molar-refractivity contribution in [3.63, 3.8) is 0 Å². The number of pyridine rings is 1. The fraction of sp³-hybridized carbons (Fsp3) is 0.400. The van der Waals surface area contributed by atoms with Crippen molar-refractivity contribution in [1.82, 2.24) is 9.88 Å². The average Bonchev–Trinajstić information content (AvgIpc) is 2.89. The largest absolute Gasteiger partial charge is 0.472 e. The Labute approximate surface area is 114 Å². The molecular weight excluding hydrogens is 238 g/mol. The van der Waals surface area contributed by atoms with Crippen LogP contribution in [0, 0.1) is 0 Å². The predicted octanol–water partition coefficient (Wildman–Crippen LogP) is 3.13. The van der Waals surface area contributed by atoms with Crippen LogP contribution in [0.3, 0.4) is 0 Å². The first-order valence-corrected chi connectivity index (χ1v) is 6.66. The van der Waals surface area contributed by atoms with E-state index >= 15 is 0 Å². The van der Waals surface area contributed by atoms with Gasteiger partial charge in [0.1, 0.15) is 0 Å². The third-order valence-electron chi connectivity index (χ3n) is 2.86. The molecule has 0 saturated carbocycles. The van der Waals surface area contributed by atoms with E-state index in [1.165, 1.54) is 5.56 Å². The highest BCUT2D eigenvalue weighted by Gasteiger charge is 2.04. The molecule has 1 N–H and O–H groups in total. The van der Waals surface area contributed by atoms with Gasteiger partial charge >= 0.3 is 0 Å². The lowest BCUT2D eigenvalue weighted by Crippen LogP contribution is -2.17. The summed E-state index contributed by atoms with van der Waals surface area (Å²) in [6.45, 7) is 4.85. The van der Waals surface area contributed by atoms with E-state index in [4.69, 9.17) is 4.42 Å². The molecule has 2 aromatic rings. The summed E-state index contributed by atoms with van der Waals surface area (Å²) in [6, 6.07) is 6.11. The van der Waals surface area contributed by atoms with Gasteiger partial charge in [0.05, 0.1) is 18.2 Å². The second-order valence-corrected chi connectivity index (χ2v) is 4.77. The molecule has 4 heteroatoms. The zero-order valence-corrected chi connectivity index (χ0v) is 11.6. The maximum Gasteiger partial charge on any atom is 0.0947 e. The second-order valence-electron chi connectivity index (χ2n) is 4.77. The first-order valence-electron chi connectivity index (χ1n) is 6.66. The number of nitrogens with zero attached hydrogens (tertiary/aromatic N) is 2. The van der Waals surface area contributed by atoms with Crippen LogP contribution in [-0.4, -0.2) is 23.5 Å².